The number of aryl methyl sites for hydroxylation is 2. The monoisotopic (exact) mass is 290 g/mol. The van der Waals surface area contributed by atoms with E-state index in [9.17, 15) is 4.79 Å². The van der Waals surface area contributed by atoms with Crippen molar-refractivity contribution in [3.05, 3.63) is 35.4 Å². The van der Waals surface area contributed by atoms with Gasteiger partial charge >= 0.3 is 5.97 Å². The van der Waals surface area contributed by atoms with Crippen LogP contribution in [0.3, 0.4) is 0 Å². The van der Waals surface area contributed by atoms with E-state index in [0.29, 0.717) is 19.8 Å². The molecule has 1 heterocycles. The van der Waals surface area contributed by atoms with Crippen LogP contribution < -0.4 is 0 Å². The second-order valence-corrected chi connectivity index (χ2v) is 5.95. The SMILES string of the molecule is CCOC(=O)C1(CCCc2ccc(C)cc2)CCOCC1. The fraction of sp³-hybridized carbons (Fsp3) is 0.611. The number of ether oxygens (including phenoxy) is 2. The average Bonchev–Trinajstić information content (AvgIpc) is 2.50. The van der Waals surface area contributed by atoms with Crippen molar-refractivity contribution in [2.75, 3.05) is 19.8 Å². The summed E-state index contributed by atoms with van der Waals surface area (Å²) in [4.78, 5) is 12.3. The van der Waals surface area contributed by atoms with Crippen molar-refractivity contribution in [1.82, 2.24) is 0 Å². The molecular formula is C18H26O3. The molecule has 0 saturated carbocycles. The zero-order chi connectivity index (χ0) is 15.1. The Hall–Kier alpha value is -1.35. The molecule has 1 aliphatic rings. The molecule has 3 nitrogen and oxygen atoms in total. The molecule has 0 atom stereocenters. The van der Waals surface area contributed by atoms with Crippen LogP contribution in [0, 0.1) is 12.3 Å². The molecule has 0 aliphatic carbocycles. The minimum atomic E-state index is -0.320. The van der Waals surface area contributed by atoms with E-state index in [1.54, 1.807) is 0 Å². The van der Waals surface area contributed by atoms with Crippen LogP contribution in [0.4, 0.5) is 0 Å². The van der Waals surface area contributed by atoms with Crippen LogP contribution in [0.15, 0.2) is 24.3 Å². The first-order valence-electron chi connectivity index (χ1n) is 7.97. The van der Waals surface area contributed by atoms with Crippen molar-refractivity contribution in [2.24, 2.45) is 5.41 Å². The van der Waals surface area contributed by atoms with Gasteiger partial charge in [-0.15, -0.1) is 0 Å². The van der Waals surface area contributed by atoms with E-state index in [1.165, 1.54) is 11.1 Å². The summed E-state index contributed by atoms with van der Waals surface area (Å²) in [7, 11) is 0. The van der Waals surface area contributed by atoms with Crippen LogP contribution in [0.2, 0.25) is 0 Å². The highest BCUT2D eigenvalue weighted by molar-refractivity contribution is 5.77. The van der Waals surface area contributed by atoms with E-state index >= 15 is 0 Å². The Balaban J connectivity index is 1.92. The molecule has 0 aromatic heterocycles. The van der Waals surface area contributed by atoms with Gasteiger partial charge in [0.05, 0.1) is 12.0 Å². The van der Waals surface area contributed by atoms with E-state index < -0.39 is 0 Å². The molecule has 1 aliphatic heterocycles. The van der Waals surface area contributed by atoms with Crippen LogP contribution in [0.1, 0.15) is 43.7 Å². The standard InChI is InChI=1S/C18H26O3/c1-3-21-17(19)18(11-13-20-14-12-18)10-4-5-16-8-6-15(2)7-9-16/h6-9H,3-5,10-14H2,1-2H3. The predicted molar refractivity (Wildman–Crippen MR) is 83.2 cm³/mol. The van der Waals surface area contributed by atoms with Gasteiger partial charge in [-0.25, -0.2) is 0 Å². The number of carbonyl (C=O) groups excluding carboxylic acids is 1. The summed E-state index contributed by atoms with van der Waals surface area (Å²) >= 11 is 0. The number of benzene rings is 1. The number of esters is 1. The van der Waals surface area contributed by atoms with E-state index in [-0.39, 0.29) is 11.4 Å². The lowest BCUT2D eigenvalue weighted by atomic mass is 9.76. The van der Waals surface area contributed by atoms with Crippen LogP contribution in [-0.4, -0.2) is 25.8 Å². The number of hydrogen-bond acceptors (Lipinski definition) is 3. The molecule has 1 saturated heterocycles. The lowest BCUT2D eigenvalue weighted by Crippen LogP contribution is -2.38. The number of carbonyl (C=O) groups is 1. The Morgan fingerprint density at radius 3 is 2.52 bits per heavy atom. The maximum absolute atomic E-state index is 12.3. The van der Waals surface area contributed by atoms with Gasteiger partial charge < -0.3 is 9.47 Å². The van der Waals surface area contributed by atoms with Crippen molar-refractivity contribution < 1.29 is 14.3 Å². The van der Waals surface area contributed by atoms with Gasteiger partial charge in [-0.3, -0.25) is 4.79 Å². The van der Waals surface area contributed by atoms with Crippen molar-refractivity contribution in [3.8, 4) is 0 Å². The van der Waals surface area contributed by atoms with Gasteiger partial charge in [-0.2, -0.15) is 0 Å². The number of rotatable bonds is 6. The first-order valence-corrected chi connectivity index (χ1v) is 7.97. The van der Waals surface area contributed by atoms with Crippen LogP contribution in [-0.2, 0) is 20.7 Å². The molecule has 0 unspecified atom stereocenters. The second-order valence-electron chi connectivity index (χ2n) is 5.95. The zero-order valence-electron chi connectivity index (χ0n) is 13.2. The smallest absolute Gasteiger partial charge is 0.312 e. The van der Waals surface area contributed by atoms with Gasteiger partial charge in [-0.1, -0.05) is 29.8 Å². The molecule has 0 bridgehead atoms. The van der Waals surface area contributed by atoms with Gasteiger partial charge in [0.25, 0.3) is 0 Å². The van der Waals surface area contributed by atoms with Crippen LogP contribution >= 0.6 is 0 Å². The maximum atomic E-state index is 12.3. The van der Waals surface area contributed by atoms with Gasteiger partial charge in [0.1, 0.15) is 0 Å². The van der Waals surface area contributed by atoms with Crippen LogP contribution in [0.5, 0.6) is 0 Å². The summed E-state index contributed by atoms with van der Waals surface area (Å²) in [6.07, 6.45) is 4.51. The highest BCUT2D eigenvalue weighted by Crippen LogP contribution is 2.37. The second kappa shape index (κ2) is 7.60. The molecule has 1 aromatic rings. The van der Waals surface area contributed by atoms with Crippen molar-refractivity contribution in [2.45, 2.75) is 46.0 Å². The van der Waals surface area contributed by atoms with E-state index in [1.807, 2.05) is 6.92 Å². The van der Waals surface area contributed by atoms with Gasteiger partial charge in [-0.05, 0) is 51.5 Å². The lowest BCUT2D eigenvalue weighted by Gasteiger charge is -2.34. The predicted octanol–water partition coefficient (Wildman–Crippen LogP) is 3.68. The molecule has 0 N–H and O–H groups in total. The molecule has 21 heavy (non-hydrogen) atoms. The normalized spacial score (nSPS) is 17.4. The third kappa shape index (κ3) is 4.31. The highest BCUT2D eigenvalue weighted by atomic mass is 16.5. The van der Waals surface area contributed by atoms with E-state index in [2.05, 4.69) is 31.2 Å². The molecule has 0 radical (unpaired) electrons. The molecule has 0 spiro atoms. The molecule has 3 heteroatoms. The van der Waals surface area contributed by atoms with Crippen molar-refractivity contribution in [3.63, 3.8) is 0 Å². The molecule has 2 rings (SSSR count). The molecular weight excluding hydrogens is 264 g/mol. The molecule has 116 valence electrons. The first-order chi connectivity index (χ1) is 10.2. The minimum Gasteiger partial charge on any atom is -0.466 e. The molecule has 1 aromatic carbocycles. The summed E-state index contributed by atoms with van der Waals surface area (Å²) in [5.41, 5.74) is 2.30. The Bertz CT molecular complexity index is 444. The summed E-state index contributed by atoms with van der Waals surface area (Å²) < 4.78 is 10.7. The third-order valence-corrected chi connectivity index (χ3v) is 4.40. The largest absolute Gasteiger partial charge is 0.466 e. The topological polar surface area (TPSA) is 35.5 Å². The summed E-state index contributed by atoms with van der Waals surface area (Å²) in [5.74, 6) is -0.0304. The summed E-state index contributed by atoms with van der Waals surface area (Å²) in [6, 6.07) is 8.64. The van der Waals surface area contributed by atoms with Gasteiger partial charge in [0, 0.05) is 13.2 Å². The van der Waals surface area contributed by atoms with Crippen molar-refractivity contribution in [1.29, 1.82) is 0 Å². The zero-order valence-corrected chi connectivity index (χ0v) is 13.2. The molecule has 1 fully saturated rings. The molecule has 0 amide bonds. The Morgan fingerprint density at radius 2 is 1.90 bits per heavy atom. The fourth-order valence-corrected chi connectivity index (χ4v) is 2.99. The average molecular weight is 290 g/mol. The van der Waals surface area contributed by atoms with Crippen molar-refractivity contribution >= 4 is 5.97 Å². The first kappa shape index (κ1) is 16.0. The Morgan fingerprint density at radius 1 is 1.24 bits per heavy atom. The Kier molecular flexibility index (Phi) is 5.80. The summed E-state index contributed by atoms with van der Waals surface area (Å²) in [6.45, 7) is 5.77. The number of hydrogen-bond donors (Lipinski definition) is 0. The van der Waals surface area contributed by atoms with Crippen LogP contribution in [0.25, 0.3) is 0 Å². The van der Waals surface area contributed by atoms with E-state index in [4.69, 9.17) is 9.47 Å². The summed E-state index contributed by atoms with van der Waals surface area (Å²) in [5, 5.41) is 0. The maximum Gasteiger partial charge on any atom is 0.312 e. The third-order valence-electron chi connectivity index (χ3n) is 4.40. The quantitative estimate of drug-likeness (QED) is 0.750. The van der Waals surface area contributed by atoms with E-state index in [0.717, 1.165) is 32.1 Å². The highest BCUT2D eigenvalue weighted by Gasteiger charge is 2.40. The minimum absolute atomic E-state index is 0.0304. The van der Waals surface area contributed by atoms with Gasteiger partial charge in [0.2, 0.25) is 0 Å². The Labute approximate surface area is 127 Å². The fourth-order valence-electron chi connectivity index (χ4n) is 2.99. The van der Waals surface area contributed by atoms with Gasteiger partial charge in [0.15, 0.2) is 0 Å². The lowest BCUT2D eigenvalue weighted by molar-refractivity contribution is -0.162.